The highest BCUT2D eigenvalue weighted by Gasteiger charge is 2.42. The fraction of sp³-hybridized carbons (Fsp3) is 0.600. The van der Waals surface area contributed by atoms with Crippen molar-refractivity contribution in [3.05, 3.63) is 35.4 Å². The molecule has 1 aromatic carbocycles. The summed E-state index contributed by atoms with van der Waals surface area (Å²) < 4.78 is 28.7. The van der Waals surface area contributed by atoms with Crippen molar-refractivity contribution in [3.63, 3.8) is 0 Å². The molecule has 1 saturated heterocycles. The molecule has 0 radical (unpaired) electrons. The van der Waals surface area contributed by atoms with E-state index < -0.39 is 15.8 Å². The number of amides is 1. The number of carbonyl (C=O) groups excluding carboxylic acids is 2. The molecule has 0 aromatic heterocycles. The van der Waals surface area contributed by atoms with Gasteiger partial charge in [0.15, 0.2) is 16.4 Å². The first-order chi connectivity index (χ1) is 12.6. The molecular weight excluding hydrogens is 366 g/mol. The Bertz CT molecular complexity index is 819. The van der Waals surface area contributed by atoms with Crippen LogP contribution in [0.5, 0.6) is 0 Å². The van der Waals surface area contributed by atoms with Crippen LogP contribution in [-0.2, 0) is 24.8 Å². The SMILES string of the molecule is CC(C)(C)c1ccc(C(=O)OCC(=O)N(C2CC2)[C@@H]2CCS(=O)(=O)C2)cc1. The van der Waals surface area contributed by atoms with Crippen molar-refractivity contribution in [2.75, 3.05) is 18.1 Å². The lowest BCUT2D eigenvalue weighted by Crippen LogP contribution is -2.44. The van der Waals surface area contributed by atoms with E-state index in [1.165, 1.54) is 0 Å². The molecule has 0 N–H and O–H groups in total. The fourth-order valence-corrected chi connectivity index (χ4v) is 5.16. The Kier molecular flexibility index (Phi) is 5.34. The second-order valence-electron chi connectivity index (χ2n) is 8.49. The van der Waals surface area contributed by atoms with E-state index in [2.05, 4.69) is 20.8 Å². The van der Waals surface area contributed by atoms with Crippen molar-refractivity contribution < 1.29 is 22.7 Å². The highest BCUT2D eigenvalue weighted by atomic mass is 32.2. The number of nitrogens with zero attached hydrogens (tertiary/aromatic N) is 1. The zero-order valence-corrected chi connectivity index (χ0v) is 16.9. The van der Waals surface area contributed by atoms with Crippen LogP contribution in [0.1, 0.15) is 56.0 Å². The summed E-state index contributed by atoms with van der Waals surface area (Å²) in [5, 5.41) is 0. The monoisotopic (exact) mass is 393 g/mol. The van der Waals surface area contributed by atoms with Gasteiger partial charge in [0, 0.05) is 12.1 Å². The molecule has 1 saturated carbocycles. The zero-order chi connectivity index (χ0) is 19.8. The van der Waals surface area contributed by atoms with Gasteiger partial charge in [0.1, 0.15) is 0 Å². The van der Waals surface area contributed by atoms with Crippen LogP contribution in [0.15, 0.2) is 24.3 Å². The molecule has 2 fully saturated rings. The van der Waals surface area contributed by atoms with E-state index in [0.29, 0.717) is 12.0 Å². The van der Waals surface area contributed by atoms with Crippen LogP contribution in [0.25, 0.3) is 0 Å². The lowest BCUT2D eigenvalue weighted by Gasteiger charge is -2.28. The van der Waals surface area contributed by atoms with Crippen molar-refractivity contribution in [3.8, 4) is 0 Å². The van der Waals surface area contributed by atoms with Crippen molar-refractivity contribution in [2.24, 2.45) is 0 Å². The minimum absolute atomic E-state index is 0.00914. The summed E-state index contributed by atoms with van der Waals surface area (Å²) in [7, 11) is -3.07. The maximum absolute atomic E-state index is 12.6. The van der Waals surface area contributed by atoms with Gasteiger partial charge in [-0.2, -0.15) is 0 Å². The van der Waals surface area contributed by atoms with E-state index in [0.717, 1.165) is 18.4 Å². The largest absolute Gasteiger partial charge is 0.452 e. The number of rotatable bonds is 5. The van der Waals surface area contributed by atoms with Crippen molar-refractivity contribution in [1.29, 1.82) is 0 Å². The molecule has 0 bridgehead atoms. The fourth-order valence-electron chi connectivity index (χ4n) is 3.44. The molecule has 1 aromatic rings. The molecule has 27 heavy (non-hydrogen) atoms. The first-order valence-corrected chi connectivity index (χ1v) is 11.2. The molecule has 0 unspecified atom stereocenters. The van der Waals surface area contributed by atoms with E-state index in [9.17, 15) is 18.0 Å². The Morgan fingerprint density at radius 1 is 1.07 bits per heavy atom. The first kappa shape index (κ1) is 19.9. The van der Waals surface area contributed by atoms with E-state index in [1.54, 1.807) is 17.0 Å². The van der Waals surface area contributed by atoms with E-state index >= 15 is 0 Å². The Morgan fingerprint density at radius 3 is 2.19 bits per heavy atom. The summed E-state index contributed by atoms with van der Waals surface area (Å²) in [6, 6.07) is 6.97. The number of ether oxygens (including phenoxy) is 1. The van der Waals surface area contributed by atoms with Gasteiger partial charge in [-0.05, 0) is 42.4 Å². The van der Waals surface area contributed by atoms with Gasteiger partial charge in [0.25, 0.3) is 5.91 Å². The van der Waals surface area contributed by atoms with Crippen LogP contribution in [0.3, 0.4) is 0 Å². The van der Waals surface area contributed by atoms with E-state index in [-0.39, 0.29) is 41.5 Å². The molecule has 2 aliphatic rings. The molecule has 0 spiro atoms. The Labute approximate surface area is 160 Å². The summed E-state index contributed by atoms with van der Waals surface area (Å²) in [4.78, 5) is 26.5. The number of hydrogen-bond acceptors (Lipinski definition) is 5. The van der Waals surface area contributed by atoms with E-state index in [1.807, 2.05) is 12.1 Å². The lowest BCUT2D eigenvalue weighted by atomic mass is 9.87. The normalized spacial score (nSPS) is 21.7. The van der Waals surface area contributed by atoms with Gasteiger partial charge in [-0.1, -0.05) is 32.9 Å². The lowest BCUT2D eigenvalue weighted by molar-refractivity contribution is -0.137. The smallest absolute Gasteiger partial charge is 0.338 e. The molecule has 7 heteroatoms. The summed E-state index contributed by atoms with van der Waals surface area (Å²) in [5.41, 5.74) is 1.50. The van der Waals surface area contributed by atoms with Crippen LogP contribution < -0.4 is 0 Å². The number of benzene rings is 1. The van der Waals surface area contributed by atoms with E-state index in [4.69, 9.17) is 4.74 Å². The number of sulfone groups is 1. The summed E-state index contributed by atoms with van der Waals surface area (Å²) in [6.45, 7) is 5.92. The third-order valence-electron chi connectivity index (χ3n) is 5.14. The highest BCUT2D eigenvalue weighted by Crippen LogP contribution is 2.32. The Balaban J connectivity index is 1.59. The number of carbonyl (C=O) groups is 2. The maximum atomic E-state index is 12.6. The quantitative estimate of drug-likeness (QED) is 0.717. The second kappa shape index (κ2) is 7.26. The molecule has 1 aliphatic heterocycles. The van der Waals surface area contributed by atoms with Crippen LogP contribution in [0, 0.1) is 0 Å². The van der Waals surface area contributed by atoms with Gasteiger partial charge < -0.3 is 9.64 Å². The average molecular weight is 394 g/mol. The molecule has 148 valence electrons. The number of esters is 1. The van der Waals surface area contributed by atoms with Crippen LogP contribution >= 0.6 is 0 Å². The molecule has 1 heterocycles. The minimum Gasteiger partial charge on any atom is -0.452 e. The third kappa shape index (κ3) is 4.89. The molecule has 6 nitrogen and oxygen atoms in total. The van der Waals surface area contributed by atoms with Crippen LogP contribution in [-0.4, -0.2) is 55.4 Å². The number of hydrogen-bond donors (Lipinski definition) is 0. The molecule has 1 amide bonds. The first-order valence-electron chi connectivity index (χ1n) is 9.36. The van der Waals surface area contributed by atoms with Crippen molar-refractivity contribution >= 4 is 21.7 Å². The topological polar surface area (TPSA) is 80.8 Å². The summed E-state index contributed by atoms with van der Waals surface area (Å²) >= 11 is 0. The predicted molar refractivity (Wildman–Crippen MR) is 102 cm³/mol. The highest BCUT2D eigenvalue weighted by molar-refractivity contribution is 7.91. The minimum atomic E-state index is -3.07. The van der Waals surface area contributed by atoms with Gasteiger partial charge in [0.2, 0.25) is 0 Å². The maximum Gasteiger partial charge on any atom is 0.338 e. The summed E-state index contributed by atoms with van der Waals surface area (Å²) in [5.74, 6) is -0.719. The summed E-state index contributed by atoms with van der Waals surface area (Å²) in [6.07, 6.45) is 2.22. The van der Waals surface area contributed by atoms with Gasteiger partial charge in [-0.25, -0.2) is 13.2 Å². The van der Waals surface area contributed by atoms with Crippen LogP contribution in [0.2, 0.25) is 0 Å². The Hall–Kier alpha value is -1.89. The van der Waals surface area contributed by atoms with Crippen molar-refractivity contribution in [2.45, 2.75) is 57.5 Å². The molecule has 3 rings (SSSR count). The Morgan fingerprint density at radius 2 is 1.70 bits per heavy atom. The molecule has 1 aliphatic carbocycles. The third-order valence-corrected chi connectivity index (χ3v) is 6.89. The standard InChI is InChI=1S/C20H27NO5S/c1-20(2,3)15-6-4-14(5-7-15)19(23)26-12-18(22)21(16-8-9-16)17-10-11-27(24,25)13-17/h4-7,16-17H,8-13H2,1-3H3/t17-/m1/s1. The average Bonchev–Trinajstić information content (AvgIpc) is 3.35. The van der Waals surface area contributed by atoms with Crippen molar-refractivity contribution in [1.82, 2.24) is 4.90 Å². The predicted octanol–water partition coefficient (Wildman–Crippen LogP) is 2.32. The molecular formula is C20H27NO5S. The van der Waals surface area contributed by atoms with Gasteiger partial charge in [-0.15, -0.1) is 0 Å². The zero-order valence-electron chi connectivity index (χ0n) is 16.1. The van der Waals surface area contributed by atoms with Gasteiger partial charge in [-0.3, -0.25) is 4.79 Å². The van der Waals surface area contributed by atoms with Crippen LogP contribution in [0.4, 0.5) is 0 Å². The second-order valence-corrected chi connectivity index (χ2v) is 10.7. The van der Waals surface area contributed by atoms with Gasteiger partial charge >= 0.3 is 5.97 Å². The molecule has 1 atom stereocenters. The van der Waals surface area contributed by atoms with Gasteiger partial charge in [0.05, 0.1) is 17.1 Å².